The molecule has 0 aliphatic carbocycles. The molecule has 0 saturated carbocycles. The Balaban J connectivity index is 1.81. The molecule has 2 aromatic rings. The molecule has 0 bridgehead atoms. The van der Waals surface area contributed by atoms with Crippen molar-refractivity contribution in [2.45, 2.75) is 18.4 Å². The number of aromatic nitrogens is 2. The summed E-state index contributed by atoms with van der Waals surface area (Å²) in [6, 6.07) is 3.41. The molecule has 3 heterocycles. The van der Waals surface area contributed by atoms with Crippen LogP contribution in [0.2, 0.25) is 0 Å². The van der Waals surface area contributed by atoms with Crippen molar-refractivity contribution in [2.24, 2.45) is 0 Å². The lowest BCUT2D eigenvalue weighted by Crippen LogP contribution is -2.50. The van der Waals surface area contributed by atoms with Crippen LogP contribution < -0.4 is 5.32 Å². The third kappa shape index (κ3) is 2.73. The number of carbonyl (C=O) groups excluding carboxylic acids is 1. The fourth-order valence-corrected chi connectivity index (χ4v) is 2.55. The first-order valence-electron chi connectivity index (χ1n) is 6.63. The number of fused-ring (bicyclic) bond motifs is 1. The Bertz CT molecular complexity index is 688. The number of hydrogen-bond donors (Lipinski definition) is 2. The highest BCUT2D eigenvalue weighted by atomic mass is 16.5. The molecule has 0 spiro atoms. The minimum Gasteiger partial charge on any atom is -0.481 e. The normalized spacial score (nSPS) is 21.5. The molecule has 7 nitrogen and oxygen atoms in total. The Morgan fingerprint density at radius 2 is 2.33 bits per heavy atom. The molecular formula is C14H15N3O4. The maximum atomic E-state index is 12.4. The molecule has 1 aliphatic heterocycles. The minimum atomic E-state index is -0.953. The van der Waals surface area contributed by atoms with Crippen LogP contribution in [-0.2, 0) is 9.53 Å². The van der Waals surface area contributed by atoms with E-state index in [1.807, 2.05) is 0 Å². The molecular weight excluding hydrogens is 274 g/mol. The van der Waals surface area contributed by atoms with E-state index >= 15 is 0 Å². The molecule has 1 saturated heterocycles. The second kappa shape index (κ2) is 5.17. The van der Waals surface area contributed by atoms with Gasteiger partial charge in [-0.2, -0.15) is 0 Å². The van der Waals surface area contributed by atoms with Gasteiger partial charge in [0.15, 0.2) is 0 Å². The Hall–Kier alpha value is -2.41. The smallest absolute Gasteiger partial charge is 0.305 e. The van der Waals surface area contributed by atoms with Crippen LogP contribution >= 0.6 is 0 Å². The molecule has 21 heavy (non-hydrogen) atoms. The van der Waals surface area contributed by atoms with Crippen LogP contribution in [0, 0.1) is 0 Å². The van der Waals surface area contributed by atoms with E-state index in [4.69, 9.17) is 9.84 Å². The summed E-state index contributed by atoms with van der Waals surface area (Å²) in [5.41, 5.74) is 0.375. The van der Waals surface area contributed by atoms with Crippen LogP contribution in [0.25, 0.3) is 5.65 Å². The molecule has 1 aliphatic rings. The number of amides is 1. The number of carboxylic acid groups (broad SMARTS) is 1. The first kappa shape index (κ1) is 13.6. The zero-order valence-electron chi connectivity index (χ0n) is 11.3. The molecule has 1 amide bonds. The molecule has 1 fully saturated rings. The number of hydrogen-bond acceptors (Lipinski definition) is 4. The monoisotopic (exact) mass is 289 g/mol. The highest BCUT2D eigenvalue weighted by Gasteiger charge is 2.38. The molecule has 110 valence electrons. The third-order valence-electron chi connectivity index (χ3n) is 3.62. The van der Waals surface area contributed by atoms with E-state index in [-0.39, 0.29) is 18.9 Å². The Labute approximate surface area is 120 Å². The van der Waals surface area contributed by atoms with Crippen molar-refractivity contribution in [3.05, 3.63) is 36.3 Å². The van der Waals surface area contributed by atoms with Crippen molar-refractivity contribution < 1.29 is 19.4 Å². The maximum Gasteiger partial charge on any atom is 0.305 e. The van der Waals surface area contributed by atoms with E-state index in [9.17, 15) is 9.59 Å². The lowest BCUT2D eigenvalue weighted by atomic mass is 9.94. The van der Waals surface area contributed by atoms with Crippen molar-refractivity contribution in [2.75, 3.05) is 13.2 Å². The zero-order chi connectivity index (χ0) is 14.9. The first-order valence-corrected chi connectivity index (χ1v) is 6.63. The van der Waals surface area contributed by atoms with Gasteiger partial charge in [-0.3, -0.25) is 9.59 Å². The Kier molecular flexibility index (Phi) is 3.34. The summed E-state index contributed by atoms with van der Waals surface area (Å²) in [5, 5.41) is 11.8. The van der Waals surface area contributed by atoms with Gasteiger partial charge >= 0.3 is 5.97 Å². The second-order valence-corrected chi connectivity index (χ2v) is 5.22. The van der Waals surface area contributed by atoms with Gasteiger partial charge in [-0.15, -0.1) is 0 Å². The van der Waals surface area contributed by atoms with Crippen LogP contribution in [0.1, 0.15) is 23.2 Å². The summed E-state index contributed by atoms with van der Waals surface area (Å²) in [7, 11) is 0. The number of aliphatic carboxylic acids is 1. The number of pyridine rings is 1. The molecule has 1 atom stereocenters. The van der Waals surface area contributed by atoms with Crippen LogP contribution in [0.4, 0.5) is 0 Å². The van der Waals surface area contributed by atoms with E-state index in [2.05, 4.69) is 10.3 Å². The highest BCUT2D eigenvalue weighted by Crippen LogP contribution is 2.23. The van der Waals surface area contributed by atoms with E-state index in [1.54, 1.807) is 35.1 Å². The van der Waals surface area contributed by atoms with Gasteiger partial charge in [-0.1, -0.05) is 0 Å². The SMILES string of the molecule is O=C(O)CC1(NC(=O)c2ccc3nccn3c2)CCOC1. The van der Waals surface area contributed by atoms with E-state index < -0.39 is 11.5 Å². The van der Waals surface area contributed by atoms with Gasteiger partial charge < -0.3 is 19.6 Å². The second-order valence-electron chi connectivity index (χ2n) is 5.22. The van der Waals surface area contributed by atoms with Crippen molar-refractivity contribution in [3.63, 3.8) is 0 Å². The lowest BCUT2D eigenvalue weighted by Gasteiger charge is -2.27. The number of imidazole rings is 1. The summed E-state index contributed by atoms with van der Waals surface area (Å²) in [4.78, 5) is 27.5. The Morgan fingerprint density at radius 3 is 3.05 bits per heavy atom. The Morgan fingerprint density at radius 1 is 1.48 bits per heavy atom. The minimum absolute atomic E-state index is 0.147. The first-order chi connectivity index (χ1) is 10.1. The topological polar surface area (TPSA) is 92.9 Å². The van der Waals surface area contributed by atoms with Crippen LogP contribution in [0.3, 0.4) is 0 Å². The number of carbonyl (C=O) groups is 2. The predicted octanol–water partition coefficient (Wildman–Crippen LogP) is 0.698. The average molecular weight is 289 g/mol. The standard InChI is InChI=1S/C14H15N3O4/c18-12(19)7-14(3-6-21-9-14)16-13(20)10-1-2-11-15-4-5-17(11)8-10/h1-2,4-5,8H,3,6-7,9H2,(H,16,20)(H,18,19). The van der Waals surface area contributed by atoms with Crippen LogP contribution in [0.15, 0.2) is 30.7 Å². The molecule has 3 rings (SSSR count). The van der Waals surface area contributed by atoms with Gasteiger partial charge in [-0.25, -0.2) is 4.98 Å². The molecule has 0 aromatic carbocycles. The summed E-state index contributed by atoms with van der Waals surface area (Å²) < 4.78 is 7.00. The molecule has 2 N–H and O–H groups in total. The number of carboxylic acids is 1. The summed E-state index contributed by atoms with van der Waals surface area (Å²) in [6.45, 7) is 0.673. The summed E-state index contributed by atoms with van der Waals surface area (Å²) >= 11 is 0. The predicted molar refractivity (Wildman–Crippen MR) is 73.1 cm³/mol. The molecule has 2 aromatic heterocycles. The summed E-state index contributed by atoms with van der Waals surface area (Å²) in [5.74, 6) is -1.26. The van der Waals surface area contributed by atoms with Gasteiger partial charge in [0.25, 0.3) is 5.91 Å². The van der Waals surface area contributed by atoms with E-state index in [0.29, 0.717) is 18.6 Å². The maximum absolute atomic E-state index is 12.4. The number of rotatable bonds is 4. The number of nitrogens with zero attached hydrogens (tertiary/aromatic N) is 2. The fraction of sp³-hybridized carbons (Fsp3) is 0.357. The quantitative estimate of drug-likeness (QED) is 0.864. The van der Waals surface area contributed by atoms with Gasteiger partial charge in [0, 0.05) is 25.2 Å². The largest absolute Gasteiger partial charge is 0.481 e. The number of nitrogens with one attached hydrogen (secondary N) is 1. The van der Waals surface area contributed by atoms with Crippen LogP contribution in [0.5, 0.6) is 0 Å². The van der Waals surface area contributed by atoms with Gasteiger partial charge in [-0.05, 0) is 18.6 Å². The van der Waals surface area contributed by atoms with Crippen molar-refractivity contribution >= 4 is 17.5 Å². The van der Waals surface area contributed by atoms with Crippen molar-refractivity contribution in [1.82, 2.24) is 14.7 Å². The summed E-state index contributed by atoms with van der Waals surface area (Å²) in [6.07, 6.45) is 5.41. The van der Waals surface area contributed by atoms with E-state index in [0.717, 1.165) is 5.65 Å². The fourth-order valence-electron chi connectivity index (χ4n) is 2.55. The molecule has 0 radical (unpaired) electrons. The van der Waals surface area contributed by atoms with Crippen LogP contribution in [-0.4, -0.2) is 45.1 Å². The molecule has 1 unspecified atom stereocenters. The van der Waals surface area contributed by atoms with Crippen molar-refractivity contribution in [3.8, 4) is 0 Å². The third-order valence-corrected chi connectivity index (χ3v) is 3.62. The van der Waals surface area contributed by atoms with Gasteiger partial charge in [0.05, 0.1) is 24.1 Å². The molecule has 7 heteroatoms. The zero-order valence-corrected chi connectivity index (χ0v) is 11.3. The van der Waals surface area contributed by atoms with Gasteiger partial charge in [0.2, 0.25) is 0 Å². The highest BCUT2D eigenvalue weighted by molar-refractivity contribution is 5.95. The van der Waals surface area contributed by atoms with E-state index in [1.165, 1.54) is 0 Å². The van der Waals surface area contributed by atoms with Crippen molar-refractivity contribution in [1.29, 1.82) is 0 Å². The van der Waals surface area contributed by atoms with Gasteiger partial charge in [0.1, 0.15) is 5.65 Å². The lowest BCUT2D eigenvalue weighted by molar-refractivity contribution is -0.138. The number of ether oxygens (including phenoxy) is 1. The average Bonchev–Trinajstić information content (AvgIpc) is 3.06.